The first kappa shape index (κ1) is 12.8. The minimum atomic E-state index is 0.250. The molecule has 0 radical (unpaired) electrons. The molecule has 19 heavy (non-hydrogen) atoms. The molecule has 0 saturated heterocycles. The van der Waals surface area contributed by atoms with Gasteiger partial charge in [-0.2, -0.15) is 0 Å². The minimum Gasteiger partial charge on any atom is -0.305 e. The standard InChI is InChI=1S/C16H20N2S/c1-3-17-15(12-7-4-6-11(2)10-12)16-18-13-8-5-9-14(13)19-16/h4,6-7,10,15,17H,3,5,8-9H2,1-2H3. The van der Waals surface area contributed by atoms with Gasteiger partial charge in [0.2, 0.25) is 0 Å². The smallest absolute Gasteiger partial charge is 0.115 e. The van der Waals surface area contributed by atoms with Crippen molar-refractivity contribution < 1.29 is 0 Å². The van der Waals surface area contributed by atoms with Gasteiger partial charge in [0.25, 0.3) is 0 Å². The quantitative estimate of drug-likeness (QED) is 0.919. The number of fused-ring (bicyclic) bond motifs is 1. The van der Waals surface area contributed by atoms with Crippen LogP contribution < -0.4 is 5.32 Å². The van der Waals surface area contributed by atoms with Gasteiger partial charge >= 0.3 is 0 Å². The lowest BCUT2D eigenvalue weighted by Gasteiger charge is -2.16. The van der Waals surface area contributed by atoms with Gasteiger partial charge in [0, 0.05) is 4.88 Å². The van der Waals surface area contributed by atoms with Crippen LogP contribution in [-0.2, 0) is 12.8 Å². The highest BCUT2D eigenvalue weighted by Crippen LogP contribution is 2.33. The molecule has 0 aliphatic heterocycles. The first-order valence-electron chi connectivity index (χ1n) is 7.06. The molecular weight excluding hydrogens is 252 g/mol. The third kappa shape index (κ3) is 2.58. The topological polar surface area (TPSA) is 24.9 Å². The van der Waals surface area contributed by atoms with E-state index in [0.717, 1.165) is 6.54 Å². The van der Waals surface area contributed by atoms with Gasteiger partial charge in [0.15, 0.2) is 0 Å². The average Bonchev–Trinajstić information content (AvgIpc) is 2.96. The number of benzene rings is 1. The zero-order chi connectivity index (χ0) is 13.2. The second-order valence-corrected chi connectivity index (χ2v) is 6.30. The van der Waals surface area contributed by atoms with Gasteiger partial charge in [-0.15, -0.1) is 11.3 Å². The summed E-state index contributed by atoms with van der Waals surface area (Å²) in [4.78, 5) is 6.38. The SMILES string of the molecule is CCNC(c1cccc(C)c1)c1nc2c(s1)CCC2. The molecule has 0 spiro atoms. The van der Waals surface area contributed by atoms with E-state index in [0.29, 0.717) is 0 Å². The van der Waals surface area contributed by atoms with Gasteiger partial charge in [-0.25, -0.2) is 4.98 Å². The van der Waals surface area contributed by atoms with E-state index >= 15 is 0 Å². The van der Waals surface area contributed by atoms with Crippen molar-refractivity contribution in [2.24, 2.45) is 0 Å². The molecule has 1 aromatic carbocycles. The van der Waals surface area contributed by atoms with Crippen LogP contribution in [0.5, 0.6) is 0 Å². The van der Waals surface area contributed by atoms with E-state index < -0.39 is 0 Å². The second-order valence-electron chi connectivity index (χ2n) is 5.18. The number of hydrogen-bond donors (Lipinski definition) is 1. The van der Waals surface area contributed by atoms with Crippen molar-refractivity contribution in [1.82, 2.24) is 10.3 Å². The van der Waals surface area contributed by atoms with Crippen molar-refractivity contribution in [3.8, 4) is 0 Å². The molecule has 3 rings (SSSR count). The zero-order valence-corrected chi connectivity index (χ0v) is 12.4. The summed E-state index contributed by atoms with van der Waals surface area (Å²) in [5, 5.41) is 4.81. The monoisotopic (exact) mass is 272 g/mol. The van der Waals surface area contributed by atoms with Crippen LogP contribution in [0.4, 0.5) is 0 Å². The lowest BCUT2D eigenvalue weighted by molar-refractivity contribution is 0.624. The van der Waals surface area contributed by atoms with E-state index in [2.05, 4.69) is 43.4 Å². The summed E-state index contributed by atoms with van der Waals surface area (Å²) in [5.74, 6) is 0. The maximum absolute atomic E-state index is 4.87. The van der Waals surface area contributed by atoms with Crippen LogP contribution in [0.15, 0.2) is 24.3 Å². The molecule has 1 heterocycles. The van der Waals surface area contributed by atoms with Crippen LogP contribution in [0.2, 0.25) is 0 Å². The molecule has 1 aliphatic carbocycles. The molecule has 0 fully saturated rings. The Bertz CT molecular complexity index is 552. The van der Waals surface area contributed by atoms with Gasteiger partial charge in [-0.05, 0) is 38.3 Å². The van der Waals surface area contributed by atoms with E-state index in [-0.39, 0.29) is 6.04 Å². The largest absolute Gasteiger partial charge is 0.305 e. The Labute approximate surface area is 118 Å². The molecule has 3 heteroatoms. The van der Waals surface area contributed by atoms with E-state index in [1.165, 1.54) is 46.0 Å². The third-order valence-corrected chi connectivity index (χ3v) is 4.87. The van der Waals surface area contributed by atoms with Crippen molar-refractivity contribution in [3.63, 3.8) is 0 Å². The summed E-state index contributed by atoms with van der Waals surface area (Å²) in [6, 6.07) is 9.00. The Balaban J connectivity index is 1.95. The van der Waals surface area contributed by atoms with E-state index in [9.17, 15) is 0 Å². The first-order chi connectivity index (χ1) is 9.28. The lowest BCUT2D eigenvalue weighted by Crippen LogP contribution is -2.22. The summed E-state index contributed by atoms with van der Waals surface area (Å²) < 4.78 is 0. The van der Waals surface area contributed by atoms with Crippen LogP contribution in [0, 0.1) is 6.92 Å². The van der Waals surface area contributed by atoms with E-state index in [1.807, 2.05) is 11.3 Å². The highest BCUT2D eigenvalue weighted by atomic mass is 32.1. The number of rotatable bonds is 4. The molecule has 2 nitrogen and oxygen atoms in total. The Kier molecular flexibility index (Phi) is 3.67. The van der Waals surface area contributed by atoms with E-state index in [4.69, 9.17) is 4.98 Å². The van der Waals surface area contributed by atoms with Crippen LogP contribution in [0.1, 0.15) is 46.1 Å². The van der Waals surface area contributed by atoms with Crippen LogP contribution >= 0.6 is 11.3 Å². The molecular formula is C16H20N2S. The predicted octanol–water partition coefficient (Wildman–Crippen LogP) is 3.64. The van der Waals surface area contributed by atoms with Crippen molar-refractivity contribution >= 4 is 11.3 Å². The first-order valence-corrected chi connectivity index (χ1v) is 7.88. The second kappa shape index (κ2) is 5.43. The highest BCUT2D eigenvalue weighted by molar-refractivity contribution is 7.11. The van der Waals surface area contributed by atoms with Crippen LogP contribution in [0.25, 0.3) is 0 Å². The Hall–Kier alpha value is -1.19. The number of nitrogens with zero attached hydrogens (tertiary/aromatic N) is 1. The van der Waals surface area contributed by atoms with Gasteiger partial charge in [0.05, 0.1) is 11.7 Å². The predicted molar refractivity (Wildman–Crippen MR) is 80.8 cm³/mol. The molecule has 1 atom stereocenters. The van der Waals surface area contributed by atoms with Crippen LogP contribution in [-0.4, -0.2) is 11.5 Å². The number of aryl methyl sites for hydroxylation is 3. The van der Waals surface area contributed by atoms with Crippen molar-refractivity contribution in [3.05, 3.63) is 51.0 Å². The fourth-order valence-corrected chi connectivity index (χ4v) is 3.99. The molecule has 100 valence electrons. The molecule has 2 aromatic rings. The van der Waals surface area contributed by atoms with Crippen molar-refractivity contribution in [1.29, 1.82) is 0 Å². The minimum absolute atomic E-state index is 0.250. The number of aromatic nitrogens is 1. The normalized spacial score (nSPS) is 15.5. The van der Waals surface area contributed by atoms with Crippen molar-refractivity contribution in [2.45, 2.75) is 39.2 Å². The fourth-order valence-electron chi connectivity index (χ4n) is 2.74. The molecule has 0 amide bonds. The summed E-state index contributed by atoms with van der Waals surface area (Å²) in [7, 11) is 0. The maximum Gasteiger partial charge on any atom is 0.115 e. The Morgan fingerprint density at radius 2 is 2.26 bits per heavy atom. The molecule has 1 aliphatic rings. The molecule has 1 N–H and O–H groups in total. The van der Waals surface area contributed by atoms with Crippen LogP contribution in [0.3, 0.4) is 0 Å². The molecule has 0 bridgehead atoms. The average molecular weight is 272 g/mol. The van der Waals surface area contributed by atoms with Gasteiger partial charge in [-0.3, -0.25) is 0 Å². The number of thiazole rings is 1. The molecule has 0 saturated carbocycles. The number of nitrogens with one attached hydrogen (secondary N) is 1. The van der Waals surface area contributed by atoms with Gasteiger partial charge in [0.1, 0.15) is 5.01 Å². The van der Waals surface area contributed by atoms with Crippen molar-refractivity contribution in [2.75, 3.05) is 6.54 Å². The Morgan fingerprint density at radius 1 is 1.37 bits per heavy atom. The lowest BCUT2D eigenvalue weighted by atomic mass is 10.0. The zero-order valence-electron chi connectivity index (χ0n) is 11.6. The molecule has 1 unspecified atom stereocenters. The highest BCUT2D eigenvalue weighted by Gasteiger charge is 2.22. The third-order valence-electron chi connectivity index (χ3n) is 3.64. The summed E-state index contributed by atoms with van der Waals surface area (Å²) in [6.07, 6.45) is 3.67. The van der Waals surface area contributed by atoms with Gasteiger partial charge < -0.3 is 5.32 Å². The van der Waals surface area contributed by atoms with Gasteiger partial charge in [-0.1, -0.05) is 36.8 Å². The maximum atomic E-state index is 4.87. The summed E-state index contributed by atoms with van der Waals surface area (Å²) >= 11 is 1.90. The summed E-state index contributed by atoms with van der Waals surface area (Å²) in [6.45, 7) is 5.27. The Morgan fingerprint density at radius 3 is 3.00 bits per heavy atom. The fraction of sp³-hybridized carbons (Fsp3) is 0.438. The molecule has 1 aromatic heterocycles. The number of hydrogen-bond acceptors (Lipinski definition) is 3. The van der Waals surface area contributed by atoms with E-state index in [1.54, 1.807) is 0 Å². The summed E-state index contributed by atoms with van der Waals surface area (Å²) in [5.41, 5.74) is 3.98.